The van der Waals surface area contributed by atoms with Crippen molar-refractivity contribution in [2.75, 3.05) is 11.9 Å². The summed E-state index contributed by atoms with van der Waals surface area (Å²) in [6.45, 7) is 0.820. The van der Waals surface area contributed by atoms with Crippen LogP contribution in [0.4, 0.5) is 20.2 Å². The molecule has 2 aromatic carbocycles. The monoisotopic (exact) mass is 396 g/mol. The lowest BCUT2D eigenvalue weighted by atomic mass is 10.3. The van der Waals surface area contributed by atoms with E-state index in [2.05, 4.69) is 0 Å². The van der Waals surface area contributed by atoms with Gasteiger partial charge >= 0.3 is 5.97 Å². The van der Waals surface area contributed by atoms with Gasteiger partial charge in [0, 0.05) is 17.0 Å². The van der Waals surface area contributed by atoms with Gasteiger partial charge in [-0.15, -0.1) is 11.8 Å². The molecule has 0 spiro atoms. The van der Waals surface area contributed by atoms with Crippen molar-refractivity contribution in [3.63, 3.8) is 0 Å². The first-order valence-corrected chi connectivity index (χ1v) is 8.47. The molecule has 0 saturated heterocycles. The number of ether oxygens (including phenoxy) is 1. The van der Waals surface area contributed by atoms with Crippen LogP contribution in [-0.2, 0) is 14.3 Å². The van der Waals surface area contributed by atoms with Crippen molar-refractivity contribution in [1.82, 2.24) is 0 Å². The third-order valence-electron chi connectivity index (χ3n) is 3.27. The number of anilines is 1. The Morgan fingerprint density at radius 1 is 1.19 bits per heavy atom. The molecule has 2 aromatic rings. The summed E-state index contributed by atoms with van der Waals surface area (Å²) in [6, 6.07) is 8.69. The van der Waals surface area contributed by atoms with Crippen LogP contribution in [0, 0.1) is 21.7 Å². The van der Waals surface area contributed by atoms with E-state index in [4.69, 9.17) is 4.74 Å². The summed E-state index contributed by atoms with van der Waals surface area (Å²) in [5.74, 6) is -3.50. The molecule has 0 bridgehead atoms. The van der Waals surface area contributed by atoms with Crippen molar-refractivity contribution in [3.8, 4) is 0 Å². The number of thioether (sulfide) groups is 1. The standard InChI is InChI=1S/C17H14F2N2O5S/c1-10(27-12-7-5-11(6-8-12)21(24)25)17(23)26-9-15(22)20-16-13(18)3-2-4-14(16)19/h2-8,10H,9H2,1H3,(H,20,22)/t10-/m0/s1. The van der Waals surface area contributed by atoms with Crippen LogP contribution in [0.25, 0.3) is 0 Å². The highest BCUT2D eigenvalue weighted by Gasteiger charge is 2.19. The summed E-state index contributed by atoms with van der Waals surface area (Å²) >= 11 is 1.08. The van der Waals surface area contributed by atoms with E-state index >= 15 is 0 Å². The third-order valence-corrected chi connectivity index (χ3v) is 4.36. The molecule has 1 atom stereocenters. The number of benzene rings is 2. The van der Waals surface area contributed by atoms with Crippen LogP contribution < -0.4 is 5.32 Å². The number of hydrogen-bond donors (Lipinski definition) is 1. The minimum Gasteiger partial charge on any atom is -0.455 e. The molecular weight excluding hydrogens is 382 g/mol. The minimum absolute atomic E-state index is 0.0772. The maximum absolute atomic E-state index is 13.5. The molecule has 10 heteroatoms. The number of nitrogens with zero attached hydrogens (tertiary/aromatic N) is 1. The third kappa shape index (κ3) is 5.74. The zero-order chi connectivity index (χ0) is 20.0. The molecule has 0 heterocycles. The van der Waals surface area contributed by atoms with Crippen LogP contribution in [0.5, 0.6) is 0 Å². The second kappa shape index (κ2) is 9.08. The van der Waals surface area contributed by atoms with E-state index in [9.17, 15) is 28.5 Å². The van der Waals surface area contributed by atoms with Crippen LogP contribution in [0.2, 0.25) is 0 Å². The Hall–Kier alpha value is -3.01. The number of rotatable bonds is 7. The summed E-state index contributed by atoms with van der Waals surface area (Å²) in [4.78, 5) is 34.3. The van der Waals surface area contributed by atoms with Gasteiger partial charge < -0.3 is 10.1 Å². The molecule has 0 aliphatic carbocycles. The van der Waals surface area contributed by atoms with Gasteiger partial charge in [0.25, 0.3) is 11.6 Å². The first-order valence-electron chi connectivity index (χ1n) is 7.59. The number of halogens is 2. The molecule has 27 heavy (non-hydrogen) atoms. The molecule has 0 fully saturated rings. The topological polar surface area (TPSA) is 98.5 Å². The van der Waals surface area contributed by atoms with Crippen molar-refractivity contribution in [1.29, 1.82) is 0 Å². The number of nitrogens with one attached hydrogen (secondary N) is 1. The first-order chi connectivity index (χ1) is 12.8. The minimum atomic E-state index is -0.947. The number of hydrogen-bond acceptors (Lipinski definition) is 6. The molecule has 1 N–H and O–H groups in total. The first kappa shape index (κ1) is 20.3. The van der Waals surface area contributed by atoms with Crippen LogP contribution in [0.3, 0.4) is 0 Å². The van der Waals surface area contributed by atoms with Crippen molar-refractivity contribution >= 4 is 35.0 Å². The average molecular weight is 396 g/mol. The highest BCUT2D eigenvalue weighted by atomic mass is 32.2. The lowest BCUT2D eigenvalue weighted by Crippen LogP contribution is -2.25. The van der Waals surface area contributed by atoms with E-state index in [1.165, 1.54) is 31.2 Å². The quantitative estimate of drug-likeness (QED) is 0.333. The van der Waals surface area contributed by atoms with Gasteiger partial charge in [-0.1, -0.05) is 6.07 Å². The van der Waals surface area contributed by atoms with Crippen LogP contribution >= 0.6 is 11.8 Å². The number of carbonyl (C=O) groups is 2. The van der Waals surface area contributed by atoms with Crippen molar-refractivity contribution < 1.29 is 28.0 Å². The molecule has 2 rings (SSSR count). The number of nitro benzene ring substituents is 1. The molecule has 1 amide bonds. The van der Waals surface area contributed by atoms with Gasteiger partial charge in [-0.05, 0) is 31.2 Å². The Bertz CT molecular complexity index is 841. The molecule has 0 radical (unpaired) electrons. The maximum Gasteiger partial charge on any atom is 0.319 e. The Morgan fingerprint density at radius 3 is 2.33 bits per heavy atom. The van der Waals surface area contributed by atoms with Crippen LogP contribution in [0.1, 0.15) is 6.92 Å². The lowest BCUT2D eigenvalue weighted by Gasteiger charge is -2.12. The van der Waals surface area contributed by atoms with Crippen molar-refractivity contribution in [2.45, 2.75) is 17.1 Å². The molecule has 0 aliphatic rings. The summed E-state index contributed by atoms with van der Waals surface area (Å²) in [7, 11) is 0. The van der Waals surface area contributed by atoms with Gasteiger partial charge in [-0.2, -0.15) is 0 Å². The predicted octanol–water partition coefficient (Wildman–Crippen LogP) is 3.54. The van der Waals surface area contributed by atoms with Gasteiger partial charge in [0.05, 0.1) is 4.92 Å². The average Bonchev–Trinajstić information content (AvgIpc) is 2.63. The van der Waals surface area contributed by atoms with Gasteiger partial charge in [0.1, 0.15) is 22.6 Å². The van der Waals surface area contributed by atoms with Gasteiger partial charge in [-0.25, -0.2) is 8.78 Å². The van der Waals surface area contributed by atoms with Crippen LogP contribution in [0.15, 0.2) is 47.4 Å². The normalized spacial score (nSPS) is 11.5. The van der Waals surface area contributed by atoms with Gasteiger partial charge in [0.15, 0.2) is 6.61 Å². The van der Waals surface area contributed by atoms with Crippen LogP contribution in [-0.4, -0.2) is 28.7 Å². The SMILES string of the molecule is C[C@H](Sc1ccc([N+](=O)[O-])cc1)C(=O)OCC(=O)Nc1c(F)cccc1F. The Kier molecular flexibility index (Phi) is 6.83. The Morgan fingerprint density at radius 2 is 1.78 bits per heavy atom. The van der Waals surface area contributed by atoms with E-state index in [-0.39, 0.29) is 5.69 Å². The number of para-hydroxylation sites is 1. The molecular formula is C17H14F2N2O5S. The Labute approximate surface area is 156 Å². The maximum atomic E-state index is 13.5. The fourth-order valence-electron chi connectivity index (χ4n) is 1.95. The highest BCUT2D eigenvalue weighted by Crippen LogP contribution is 2.26. The number of amides is 1. The Balaban J connectivity index is 1.85. The van der Waals surface area contributed by atoms with Crippen molar-refractivity contribution in [3.05, 3.63) is 64.2 Å². The molecule has 142 valence electrons. The van der Waals surface area contributed by atoms with Gasteiger partial charge in [-0.3, -0.25) is 19.7 Å². The summed E-state index contributed by atoms with van der Waals surface area (Å²) < 4.78 is 31.7. The number of carbonyl (C=O) groups excluding carboxylic acids is 2. The summed E-state index contributed by atoms with van der Waals surface area (Å²) in [6.07, 6.45) is 0. The van der Waals surface area contributed by atoms with E-state index in [1.54, 1.807) is 0 Å². The van der Waals surface area contributed by atoms with Gasteiger partial charge in [0.2, 0.25) is 0 Å². The summed E-state index contributed by atoms with van der Waals surface area (Å²) in [5, 5.41) is 11.9. The zero-order valence-corrected chi connectivity index (χ0v) is 14.8. The molecule has 0 aliphatic heterocycles. The smallest absolute Gasteiger partial charge is 0.319 e. The summed E-state index contributed by atoms with van der Waals surface area (Å²) in [5.41, 5.74) is -0.696. The lowest BCUT2D eigenvalue weighted by molar-refractivity contribution is -0.384. The molecule has 7 nitrogen and oxygen atoms in total. The predicted molar refractivity (Wildman–Crippen MR) is 94.4 cm³/mol. The van der Waals surface area contributed by atoms with E-state index in [1.807, 2.05) is 5.32 Å². The highest BCUT2D eigenvalue weighted by molar-refractivity contribution is 8.00. The van der Waals surface area contributed by atoms with Crippen molar-refractivity contribution in [2.24, 2.45) is 0 Å². The molecule has 0 aromatic heterocycles. The second-order valence-electron chi connectivity index (χ2n) is 5.26. The largest absolute Gasteiger partial charge is 0.455 e. The fourth-order valence-corrected chi connectivity index (χ4v) is 2.81. The fraction of sp³-hybridized carbons (Fsp3) is 0.176. The zero-order valence-electron chi connectivity index (χ0n) is 14.0. The second-order valence-corrected chi connectivity index (χ2v) is 6.68. The molecule has 0 saturated carbocycles. The van der Waals surface area contributed by atoms with E-state index in [0.717, 1.165) is 30.0 Å². The number of nitro groups is 1. The molecule has 0 unspecified atom stereocenters. The number of non-ortho nitro benzene ring substituents is 1. The van der Waals surface area contributed by atoms with E-state index in [0.29, 0.717) is 4.90 Å². The van der Waals surface area contributed by atoms with E-state index < -0.39 is 46.0 Å². The number of esters is 1.